The lowest BCUT2D eigenvalue weighted by atomic mass is 10.2. The van der Waals surface area contributed by atoms with Crippen LogP contribution in [-0.4, -0.2) is 5.91 Å². The molecular weight excluding hydrogens is 292 g/mol. The third-order valence-corrected chi connectivity index (χ3v) is 4.33. The molecule has 0 unspecified atom stereocenters. The van der Waals surface area contributed by atoms with Crippen LogP contribution in [-0.2, 0) is 11.3 Å². The van der Waals surface area contributed by atoms with Gasteiger partial charge in [0, 0.05) is 23.5 Å². The molecule has 5 heteroatoms. The van der Waals surface area contributed by atoms with Crippen molar-refractivity contribution in [2.75, 3.05) is 10.6 Å². The maximum Gasteiger partial charge on any atom is 0.224 e. The largest absolute Gasteiger partial charge is 0.379 e. The van der Waals surface area contributed by atoms with Gasteiger partial charge in [-0.3, -0.25) is 4.79 Å². The minimum atomic E-state index is -0.00706. The van der Waals surface area contributed by atoms with Crippen molar-refractivity contribution in [3.63, 3.8) is 0 Å². The minimum Gasteiger partial charge on any atom is -0.379 e. The summed E-state index contributed by atoms with van der Waals surface area (Å²) in [5.74, 6) is -0.00706. The summed E-state index contributed by atoms with van der Waals surface area (Å²) >= 11 is 7.89. The van der Waals surface area contributed by atoms with Crippen molar-refractivity contribution in [2.45, 2.75) is 26.8 Å². The fourth-order valence-electron chi connectivity index (χ4n) is 1.75. The Morgan fingerprint density at radius 2 is 2.15 bits per heavy atom. The molecular formula is C15H17ClN2OS. The van der Waals surface area contributed by atoms with Crippen molar-refractivity contribution in [1.29, 1.82) is 0 Å². The molecule has 0 aliphatic rings. The molecule has 0 radical (unpaired) electrons. The second kappa shape index (κ2) is 6.77. The number of hydrogen-bond acceptors (Lipinski definition) is 3. The molecule has 0 saturated heterocycles. The van der Waals surface area contributed by atoms with Crippen molar-refractivity contribution < 1.29 is 4.79 Å². The summed E-state index contributed by atoms with van der Waals surface area (Å²) in [6.45, 7) is 4.64. The zero-order valence-electron chi connectivity index (χ0n) is 11.5. The van der Waals surface area contributed by atoms with Gasteiger partial charge in [-0.25, -0.2) is 0 Å². The number of carbonyl (C=O) groups excluding carboxylic acids is 1. The van der Waals surface area contributed by atoms with E-state index < -0.39 is 0 Å². The number of nitrogens with one attached hydrogen (secondary N) is 2. The van der Waals surface area contributed by atoms with Gasteiger partial charge in [0.1, 0.15) is 0 Å². The molecule has 2 aromatic rings. The van der Waals surface area contributed by atoms with Gasteiger partial charge in [-0.1, -0.05) is 18.5 Å². The van der Waals surface area contributed by atoms with Crippen LogP contribution in [0.2, 0.25) is 5.02 Å². The molecule has 0 aliphatic carbocycles. The maximum atomic E-state index is 11.4. The molecule has 0 spiro atoms. The first-order chi connectivity index (χ1) is 9.60. The first-order valence-electron chi connectivity index (χ1n) is 6.46. The zero-order chi connectivity index (χ0) is 14.5. The summed E-state index contributed by atoms with van der Waals surface area (Å²) < 4.78 is 0. The first kappa shape index (κ1) is 14.9. The lowest BCUT2D eigenvalue weighted by Gasteiger charge is -2.11. The molecule has 0 fully saturated rings. The first-order valence-corrected chi connectivity index (χ1v) is 7.72. The summed E-state index contributed by atoms with van der Waals surface area (Å²) in [6.07, 6.45) is 0.458. The smallest absolute Gasteiger partial charge is 0.224 e. The van der Waals surface area contributed by atoms with E-state index in [2.05, 4.69) is 29.0 Å². The van der Waals surface area contributed by atoms with Crippen LogP contribution >= 0.6 is 22.9 Å². The molecule has 1 heterocycles. The van der Waals surface area contributed by atoms with Crippen molar-refractivity contribution >= 4 is 40.2 Å². The predicted octanol–water partition coefficient (Wildman–Crippen LogP) is 4.67. The molecule has 2 rings (SSSR count). The van der Waals surface area contributed by atoms with Crippen molar-refractivity contribution in [2.24, 2.45) is 0 Å². The Hall–Kier alpha value is -1.52. The molecule has 106 valence electrons. The molecule has 1 amide bonds. The molecule has 0 atom stereocenters. The third-order valence-electron chi connectivity index (χ3n) is 2.98. The Labute approximate surface area is 128 Å². The highest BCUT2D eigenvalue weighted by atomic mass is 35.5. The number of halogens is 1. The molecule has 20 heavy (non-hydrogen) atoms. The molecule has 1 aromatic heterocycles. The summed E-state index contributed by atoms with van der Waals surface area (Å²) in [4.78, 5) is 12.7. The number of hydrogen-bond donors (Lipinski definition) is 2. The SMILES string of the molecule is CCC(=O)Nc1ccc(Cl)c(NCc2sccc2C)c1. The van der Waals surface area contributed by atoms with Crippen LogP contribution in [0.4, 0.5) is 11.4 Å². The van der Waals surface area contributed by atoms with Gasteiger partial charge in [-0.2, -0.15) is 0 Å². The van der Waals surface area contributed by atoms with Crippen LogP contribution in [0.1, 0.15) is 23.8 Å². The van der Waals surface area contributed by atoms with Gasteiger partial charge in [0.25, 0.3) is 0 Å². The second-order valence-corrected chi connectivity index (χ2v) is 5.88. The Balaban J connectivity index is 2.08. The Morgan fingerprint density at radius 1 is 1.35 bits per heavy atom. The second-order valence-electron chi connectivity index (χ2n) is 4.48. The van der Waals surface area contributed by atoms with Crippen LogP contribution < -0.4 is 10.6 Å². The van der Waals surface area contributed by atoms with E-state index in [0.717, 1.165) is 17.9 Å². The topological polar surface area (TPSA) is 41.1 Å². The average Bonchev–Trinajstić information content (AvgIpc) is 2.84. The highest BCUT2D eigenvalue weighted by Gasteiger charge is 2.06. The van der Waals surface area contributed by atoms with E-state index in [0.29, 0.717) is 11.4 Å². The minimum absolute atomic E-state index is 0.00706. The highest BCUT2D eigenvalue weighted by Crippen LogP contribution is 2.27. The Bertz CT molecular complexity index is 610. The summed E-state index contributed by atoms with van der Waals surface area (Å²) in [5, 5.41) is 8.87. The Morgan fingerprint density at radius 3 is 2.80 bits per heavy atom. The third kappa shape index (κ3) is 3.74. The number of anilines is 2. The normalized spacial score (nSPS) is 10.3. The monoisotopic (exact) mass is 308 g/mol. The standard InChI is InChI=1S/C15H17ClN2OS/c1-3-15(19)18-11-4-5-12(16)13(8-11)17-9-14-10(2)6-7-20-14/h4-8,17H,3,9H2,1-2H3,(H,18,19). The van der Waals surface area contributed by atoms with Gasteiger partial charge in [-0.05, 0) is 42.1 Å². The molecule has 0 aliphatic heterocycles. The van der Waals surface area contributed by atoms with E-state index in [1.165, 1.54) is 10.4 Å². The average molecular weight is 309 g/mol. The quantitative estimate of drug-likeness (QED) is 0.842. The number of thiophene rings is 1. The fourth-order valence-corrected chi connectivity index (χ4v) is 2.78. The molecule has 0 saturated carbocycles. The van der Waals surface area contributed by atoms with Gasteiger partial charge >= 0.3 is 0 Å². The van der Waals surface area contributed by atoms with Crippen molar-refractivity contribution in [3.8, 4) is 0 Å². The lowest BCUT2D eigenvalue weighted by Crippen LogP contribution is -2.09. The highest BCUT2D eigenvalue weighted by molar-refractivity contribution is 7.10. The fraction of sp³-hybridized carbons (Fsp3) is 0.267. The van der Waals surface area contributed by atoms with E-state index in [9.17, 15) is 4.79 Å². The maximum absolute atomic E-state index is 11.4. The lowest BCUT2D eigenvalue weighted by molar-refractivity contribution is -0.115. The van der Waals surface area contributed by atoms with E-state index in [1.54, 1.807) is 23.5 Å². The van der Waals surface area contributed by atoms with Gasteiger partial charge in [0.05, 0.1) is 10.7 Å². The predicted molar refractivity (Wildman–Crippen MR) is 86.8 cm³/mol. The number of carbonyl (C=O) groups is 1. The van der Waals surface area contributed by atoms with Crippen LogP contribution in [0, 0.1) is 6.92 Å². The van der Waals surface area contributed by atoms with Crippen LogP contribution in [0.3, 0.4) is 0 Å². The number of aryl methyl sites for hydroxylation is 1. The summed E-state index contributed by atoms with van der Waals surface area (Å²) in [6, 6.07) is 7.55. The van der Waals surface area contributed by atoms with Gasteiger partial charge < -0.3 is 10.6 Å². The van der Waals surface area contributed by atoms with Gasteiger partial charge in [-0.15, -0.1) is 11.3 Å². The number of benzene rings is 1. The Kier molecular flexibility index (Phi) is 5.04. The van der Waals surface area contributed by atoms with Crippen LogP contribution in [0.25, 0.3) is 0 Å². The van der Waals surface area contributed by atoms with Gasteiger partial charge in [0.2, 0.25) is 5.91 Å². The molecule has 1 aromatic carbocycles. The summed E-state index contributed by atoms with van der Waals surface area (Å²) in [5.41, 5.74) is 2.86. The van der Waals surface area contributed by atoms with E-state index >= 15 is 0 Å². The molecule has 0 bridgehead atoms. The number of rotatable bonds is 5. The van der Waals surface area contributed by atoms with Crippen molar-refractivity contribution in [1.82, 2.24) is 0 Å². The molecule has 3 nitrogen and oxygen atoms in total. The van der Waals surface area contributed by atoms with Crippen LogP contribution in [0.15, 0.2) is 29.6 Å². The van der Waals surface area contributed by atoms with E-state index in [-0.39, 0.29) is 5.91 Å². The molecule has 2 N–H and O–H groups in total. The zero-order valence-corrected chi connectivity index (χ0v) is 13.1. The van der Waals surface area contributed by atoms with E-state index in [1.807, 2.05) is 13.0 Å². The van der Waals surface area contributed by atoms with Gasteiger partial charge in [0.15, 0.2) is 0 Å². The van der Waals surface area contributed by atoms with Crippen LogP contribution in [0.5, 0.6) is 0 Å². The van der Waals surface area contributed by atoms with E-state index in [4.69, 9.17) is 11.6 Å². The van der Waals surface area contributed by atoms with Crippen molar-refractivity contribution in [3.05, 3.63) is 45.1 Å². The number of amides is 1. The summed E-state index contributed by atoms with van der Waals surface area (Å²) in [7, 11) is 0.